The van der Waals surface area contributed by atoms with Crippen LogP contribution in [0, 0.1) is 11.3 Å². The molecule has 0 radical (unpaired) electrons. The second-order valence-electron chi connectivity index (χ2n) is 10.5. The zero-order valence-corrected chi connectivity index (χ0v) is 21.6. The van der Waals surface area contributed by atoms with Gasteiger partial charge in [0.2, 0.25) is 0 Å². The van der Waals surface area contributed by atoms with Crippen molar-refractivity contribution in [2.24, 2.45) is 22.1 Å². The van der Waals surface area contributed by atoms with E-state index in [0.29, 0.717) is 12.0 Å². The molecule has 0 aromatic heterocycles. The minimum absolute atomic E-state index is 0.0119. The number of allylic oxidation sites excluding steroid dienone is 8. The van der Waals surface area contributed by atoms with Crippen molar-refractivity contribution < 1.29 is 0 Å². The van der Waals surface area contributed by atoms with Crippen LogP contribution in [-0.2, 0) is 0 Å². The first-order chi connectivity index (χ1) is 16.2. The van der Waals surface area contributed by atoms with Gasteiger partial charge >= 0.3 is 0 Å². The molecule has 182 valence electrons. The first-order valence-corrected chi connectivity index (χ1v) is 12.6. The predicted octanol–water partition coefficient (Wildman–Crippen LogP) is 4.67. The Kier molecular flexibility index (Phi) is 7.04. The molecule has 2 aliphatic heterocycles. The molecule has 4 aliphatic rings. The number of aliphatic imine (C=N–C) groups is 1. The maximum Gasteiger partial charge on any atom is 0.123 e. The number of hydrogen-bond acceptors (Lipinski definition) is 5. The molecule has 2 aliphatic carbocycles. The van der Waals surface area contributed by atoms with Crippen molar-refractivity contribution in [2.45, 2.75) is 46.1 Å². The van der Waals surface area contributed by atoms with Gasteiger partial charge in [-0.2, -0.15) is 0 Å². The molecule has 34 heavy (non-hydrogen) atoms. The summed E-state index contributed by atoms with van der Waals surface area (Å²) in [5.74, 6) is 1.42. The number of piperidine rings is 1. The van der Waals surface area contributed by atoms with Gasteiger partial charge in [-0.25, -0.2) is 0 Å². The number of likely N-dealkylation sites (tertiary alicyclic amines) is 1. The van der Waals surface area contributed by atoms with Crippen LogP contribution in [0.25, 0.3) is 0 Å². The van der Waals surface area contributed by atoms with Crippen LogP contribution in [0.3, 0.4) is 0 Å². The monoisotopic (exact) mass is 459 g/mol. The normalized spacial score (nSPS) is 28.2. The molecule has 0 saturated carbocycles. The van der Waals surface area contributed by atoms with Gasteiger partial charge in [-0.1, -0.05) is 38.7 Å². The van der Waals surface area contributed by atoms with Crippen LogP contribution >= 0.6 is 0 Å². The second kappa shape index (κ2) is 9.83. The molecule has 3 N–H and O–H groups in total. The molecule has 0 aromatic carbocycles. The van der Waals surface area contributed by atoms with Crippen LogP contribution in [-0.4, -0.2) is 55.4 Å². The molecule has 2 heterocycles. The van der Waals surface area contributed by atoms with E-state index in [-0.39, 0.29) is 5.41 Å². The number of amidine groups is 1. The molecule has 0 amide bonds. The highest BCUT2D eigenvalue weighted by Crippen LogP contribution is 2.42. The SMILES string of the molecule is C=C(NC1=CC2=CC(/C(N)=C/C)=CCC2(C)C=C1)C1=CC(N(C)C2CCN(C)CC2)=NCC1C. The zero-order valence-electron chi connectivity index (χ0n) is 21.6. The minimum atomic E-state index is 0.0119. The fraction of sp³-hybridized carbons (Fsp3) is 0.483. The Morgan fingerprint density at radius 1 is 1.29 bits per heavy atom. The van der Waals surface area contributed by atoms with Gasteiger partial charge in [0.15, 0.2) is 0 Å². The molecule has 2 atom stereocenters. The van der Waals surface area contributed by atoms with E-state index in [4.69, 9.17) is 10.7 Å². The molecule has 1 fully saturated rings. The van der Waals surface area contributed by atoms with E-state index in [1.807, 2.05) is 13.0 Å². The van der Waals surface area contributed by atoms with Gasteiger partial charge in [0, 0.05) is 48.1 Å². The highest BCUT2D eigenvalue weighted by Gasteiger charge is 2.30. The summed E-state index contributed by atoms with van der Waals surface area (Å²) in [6, 6.07) is 0.550. The number of hydrogen-bond donors (Lipinski definition) is 2. The Balaban J connectivity index is 1.49. The lowest BCUT2D eigenvalue weighted by atomic mass is 9.72. The lowest BCUT2D eigenvalue weighted by Gasteiger charge is -2.37. The number of fused-ring (bicyclic) bond motifs is 1. The van der Waals surface area contributed by atoms with Crippen LogP contribution in [0.1, 0.15) is 40.0 Å². The van der Waals surface area contributed by atoms with Crippen LogP contribution in [0.4, 0.5) is 0 Å². The van der Waals surface area contributed by atoms with E-state index < -0.39 is 0 Å². The lowest BCUT2D eigenvalue weighted by molar-refractivity contribution is 0.192. The highest BCUT2D eigenvalue weighted by atomic mass is 15.2. The van der Waals surface area contributed by atoms with E-state index in [1.165, 1.54) is 24.0 Å². The molecule has 0 spiro atoms. The average molecular weight is 460 g/mol. The van der Waals surface area contributed by atoms with Gasteiger partial charge in [-0.05, 0) is 87.3 Å². The van der Waals surface area contributed by atoms with E-state index in [2.05, 4.69) is 86.1 Å². The van der Waals surface area contributed by atoms with Crippen molar-refractivity contribution in [3.63, 3.8) is 0 Å². The summed E-state index contributed by atoms with van der Waals surface area (Å²) in [4.78, 5) is 9.69. The van der Waals surface area contributed by atoms with Crippen molar-refractivity contribution >= 4 is 5.84 Å². The van der Waals surface area contributed by atoms with Gasteiger partial charge in [0.25, 0.3) is 0 Å². The summed E-state index contributed by atoms with van der Waals surface area (Å²) in [5.41, 5.74) is 12.7. The topological polar surface area (TPSA) is 56.9 Å². The van der Waals surface area contributed by atoms with Crippen LogP contribution in [0.5, 0.6) is 0 Å². The zero-order chi connectivity index (χ0) is 24.5. The standard InChI is InChI=1S/C29H41N5/c1-7-27(30)22-8-12-29(4)13-9-24(17-23(29)16-22)32-21(3)26-18-28(31-19-20(26)2)34(6)25-10-14-33(5)15-11-25/h7-9,13,16-18,20,25,32H,3,10-12,14-15,19,30H2,1-2,4-6H3/b27-7-. The molecule has 2 unspecified atom stereocenters. The summed E-state index contributed by atoms with van der Waals surface area (Å²) in [6.45, 7) is 14.0. The number of nitrogens with one attached hydrogen (secondary N) is 1. The fourth-order valence-corrected chi connectivity index (χ4v) is 5.21. The average Bonchev–Trinajstić information content (AvgIpc) is 2.83. The molecule has 4 rings (SSSR count). The van der Waals surface area contributed by atoms with Crippen LogP contribution < -0.4 is 11.1 Å². The number of dihydropyridines is 1. The quantitative estimate of drug-likeness (QED) is 0.627. The molecule has 0 bridgehead atoms. The fourth-order valence-electron chi connectivity index (χ4n) is 5.21. The number of nitrogens with zero attached hydrogens (tertiary/aromatic N) is 3. The third-order valence-electron chi connectivity index (χ3n) is 7.89. The second-order valence-corrected chi connectivity index (χ2v) is 10.5. The number of rotatable bonds is 5. The van der Waals surface area contributed by atoms with Crippen molar-refractivity contribution in [2.75, 3.05) is 33.7 Å². The van der Waals surface area contributed by atoms with Crippen molar-refractivity contribution in [1.82, 2.24) is 15.1 Å². The van der Waals surface area contributed by atoms with E-state index in [9.17, 15) is 0 Å². The van der Waals surface area contributed by atoms with Gasteiger partial charge < -0.3 is 20.9 Å². The van der Waals surface area contributed by atoms with E-state index >= 15 is 0 Å². The number of likely N-dealkylation sites (N-methyl/N-ethyl adjacent to an activating group) is 1. The Bertz CT molecular complexity index is 1040. The van der Waals surface area contributed by atoms with Crippen molar-refractivity contribution in [3.8, 4) is 0 Å². The first kappa shape index (κ1) is 24.3. The molecular weight excluding hydrogens is 418 g/mol. The maximum atomic E-state index is 6.19. The van der Waals surface area contributed by atoms with E-state index in [0.717, 1.165) is 54.6 Å². The van der Waals surface area contributed by atoms with Gasteiger partial charge in [0.05, 0.1) is 0 Å². The third-order valence-corrected chi connectivity index (χ3v) is 7.89. The molecule has 5 nitrogen and oxygen atoms in total. The van der Waals surface area contributed by atoms with E-state index in [1.54, 1.807) is 0 Å². The molecule has 1 saturated heterocycles. The summed E-state index contributed by atoms with van der Waals surface area (Å²) in [7, 11) is 4.40. The Labute approximate surface area is 205 Å². The van der Waals surface area contributed by atoms with Crippen molar-refractivity contribution in [3.05, 3.63) is 82.9 Å². The maximum absolute atomic E-state index is 6.19. The van der Waals surface area contributed by atoms with Crippen LogP contribution in [0.2, 0.25) is 0 Å². The minimum Gasteiger partial charge on any atom is -0.399 e. The molecule has 5 heteroatoms. The number of nitrogens with two attached hydrogens (primary N) is 1. The Hall–Kier alpha value is -2.79. The van der Waals surface area contributed by atoms with Gasteiger partial charge in [-0.15, -0.1) is 0 Å². The summed E-state index contributed by atoms with van der Waals surface area (Å²) >= 11 is 0. The highest BCUT2D eigenvalue weighted by molar-refractivity contribution is 5.95. The van der Waals surface area contributed by atoms with Crippen LogP contribution in [0.15, 0.2) is 87.9 Å². The lowest BCUT2D eigenvalue weighted by Crippen LogP contribution is -2.44. The summed E-state index contributed by atoms with van der Waals surface area (Å²) in [5, 5.41) is 3.60. The Morgan fingerprint density at radius 2 is 2.03 bits per heavy atom. The molecular formula is C29H41N5. The predicted molar refractivity (Wildman–Crippen MR) is 144 cm³/mol. The summed E-state index contributed by atoms with van der Waals surface area (Å²) < 4.78 is 0. The largest absolute Gasteiger partial charge is 0.399 e. The summed E-state index contributed by atoms with van der Waals surface area (Å²) in [6.07, 6.45) is 18.7. The third kappa shape index (κ3) is 5.00. The first-order valence-electron chi connectivity index (χ1n) is 12.6. The van der Waals surface area contributed by atoms with Gasteiger partial charge in [0.1, 0.15) is 5.84 Å². The van der Waals surface area contributed by atoms with Gasteiger partial charge in [-0.3, -0.25) is 4.99 Å². The Morgan fingerprint density at radius 3 is 2.74 bits per heavy atom. The molecule has 0 aromatic rings. The smallest absolute Gasteiger partial charge is 0.123 e. The van der Waals surface area contributed by atoms with Crippen molar-refractivity contribution in [1.29, 1.82) is 0 Å².